The van der Waals surface area contributed by atoms with Crippen LogP contribution in [0, 0.1) is 0 Å². The third-order valence-electron chi connectivity index (χ3n) is 3.88. The van der Waals surface area contributed by atoms with Crippen LogP contribution < -0.4 is 15.4 Å². The molecular weight excluding hydrogens is 389 g/mol. The summed E-state index contributed by atoms with van der Waals surface area (Å²) in [7, 11) is 4.80. The summed E-state index contributed by atoms with van der Waals surface area (Å²) in [6.45, 7) is 1.80. The van der Waals surface area contributed by atoms with E-state index in [2.05, 4.69) is 10.6 Å². The van der Waals surface area contributed by atoms with Crippen molar-refractivity contribution in [2.75, 3.05) is 26.5 Å². The Morgan fingerprint density at radius 1 is 1.11 bits per heavy atom. The number of methoxy groups -OCH3 is 1. The first-order chi connectivity index (χ1) is 12.7. The highest BCUT2D eigenvalue weighted by molar-refractivity contribution is 6.35. The van der Waals surface area contributed by atoms with Gasteiger partial charge < -0.3 is 20.3 Å². The maximum absolute atomic E-state index is 12.4. The maximum Gasteiger partial charge on any atom is 0.319 e. The zero-order valence-corrected chi connectivity index (χ0v) is 17.0. The van der Waals surface area contributed by atoms with Gasteiger partial charge in [0.2, 0.25) is 0 Å². The van der Waals surface area contributed by atoms with Crippen LogP contribution in [-0.4, -0.2) is 38.0 Å². The van der Waals surface area contributed by atoms with Crippen molar-refractivity contribution in [3.05, 3.63) is 57.6 Å². The van der Waals surface area contributed by atoms with Gasteiger partial charge in [0, 0.05) is 29.7 Å². The Hall–Kier alpha value is -2.44. The van der Waals surface area contributed by atoms with Gasteiger partial charge in [-0.05, 0) is 42.8 Å². The minimum Gasteiger partial charge on any atom is -0.495 e. The van der Waals surface area contributed by atoms with E-state index >= 15 is 0 Å². The summed E-state index contributed by atoms with van der Waals surface area (Å²) < 4.78 is 5.26. The molecule has 3 amide bonds. The Balaban J connectivity index is 2.16. The number of nitrogens with zero attached hydrogens (tertiary/aromatic N) is 1. The molecule has 0 radical (unpaired) electrons. The van der Waals surface area contributed by atoms with Crippen molar-refractivity contribution in [2.45, 2.75) is 13.0 Å². The first-order valence-electron chi connectivity index (χ1n) is 8.15. The highest BCUT2D eigenvalue weighted by atomic mass is 35.5. The summed E-state index contributed by atoms with van der Waals surface area (Å²) >= 11 is 12.1. The van der Waals surface area contributed by atoms with Crippen LogP contribution >= 0.6 is 23.2 Å². The number of anilines is 1. The van der Waals surface area contributed by atoms with Crippen LogP contribution in [0.2, 0.25) is 10.0 Å². The fraction of sp³-hybridized carbons (Fsp3) is 0.263. The fourth-order valence-corrected chi connectivity index (χ4v) is 3.05. The van der Waals surface area contributed by atoms with E-state index in [4.69, 9.17) is 27.9 Å². The molecule has 27 heavy (non-hydrogen) atoms. The van der Waals surface area contributed by atoms with Gasteiger partial charge >= 0.3 is 6.03 Å². The van der Waals surface area contributed by atoms with Crippen molar-refractivity contribution in [1.29, 1.82) is 0 Å². The maximum atomic E-state index is 12.4. The third-order valence-corrected chi connectivity index (χ3v) is 4.44. The molecule has 0 saturated carbocycles. The minimum absolute atomic E-state index is 0.178. The number of carbonyl (C=O) groups excluding carboxylic acids is 2. The Morgan fingerprint density at radius 3 is 2.41 bits per heavy atom. The Bertz CT molecular complexity index is 856. The number of hydrogen-bond acceptors (Lipinski definition) is 3. The molecule has 0 saturated heterocycles. The average Bonchev–Trinajstić information content (AvgIpc) is 2.60. The number of ether oxygens (including phenoxy) is 1. The van der Waals surface area contributed by atoms with E-state index in [1.54, 1.807) is 57.4 Å². The number of carbonyl (C=O) groups is 2. The fourth-order valence-electron chi connectivity index (χ4n) is 2.48. The lowest BCUT2D eigenvalue weighted by Gasteiger charge is -2.18. The molecule has 144 valence electrons. The second-order valence-electron chi connectivity index (χ2n) is 6.10. The summed E-state index contributed by atoms with van der Waals surface area (Å²) in [4.78, 5) is 26.0. The molecule has 0 fully saturated rings. The Labute approximate surface area is 168 Å². The van der Waals surface area contributed by atoms with Crippen LogP contribution in [-0.2, 0) is 0 Å². The lowest BCUT2D eigenvalue weighted by molar-refractivity contribution is 0.0827. The summed E-state index contributed by atoms with van der Waals surface area (Å²) in [5.74, 6) is 0.264. The van der Waals surface area contributed by atoms with Crippen molar-refractivity contribution in [2.24, 2.45) is 0 Å². The number of rotatable bonds is 5. The molecule has 0 heterocycles. The molecule has 2 rings (SSSR count). The van der Waals surface area contributed by atoms with Crippen LogP contribution in [0.25, 0.3) is 0 Å². The van der Waals surface area contributed by atoms with E-state index in [0.717, 1.165) is 5.56 Å². The van der Waals surface area contributed by atoms with Gasteiger partial charge in [-0.1, -0.05) is 29.3 Å². The molecular formula is C19H21Cl2N3O3. The van der Waals surface area contributed by atoms with E-state index in [1.165, 1.54) is 12.0 Å². The molecule has 0 bridgehead atoms. The van der Waals surface area contributed by atoms with E-state index in [1.807, 2.05) is 0 Å². The van der Waals surface area contributed by atoms with Crippen LogP contribution in [0.5, 0.6) is 5.75 Å². The molecule has 8 heteroatoms. The summed E-state index contributed by atoms with van der Waals surface area (Å²) in [6.07, 6.45) is 0. The molecule has 2 aromatic carbocycles. The lowest BCUT2D eigenvalue weighted by atomic mass is 10.1. The molecule has 0 aliphatic heterocycles. The van der Waals surface area contributed by atoms with E-state index < -0.39 is 6.03 Å². The van der Waals surface area contributed by atoms with Crippen molar-refractivity contribution >= 4 is 40.8 Å². The molecule has 6 nitrogen and oxygen atoms in total. The SMILES string of the molecule is COc1ccc(C(=O)N(C)C)cc1NC(=O)NC(C)c1ccc(Cl)cc1Cl. The van der Waals surface area contributed by atoms with Gasteiger partial charge in [-0.2, -0.15) is 0 Å². The highest BCUT2D eigenvalue weighted by Crippen LogP contribution is 2.28. The van der Waals surface area contributed by atoms with E-state index in [-0.39, 0.29) is 11.9 Å². The van der Waals surface area contributed by atoms with Gasteiger partial charge in [-0.15, -0.1) is 0 Å². The normalized spacial score (nSPS) is 11.5. The van der Waals surface area contributed by atoms with Crippen LogP contribution in [0.1, 0.15) is 28.9 Å². The first-order valence-corrected chi connectivity index (χ1v) is 8.90. The quantitative estimate of drug-likeness (QED) is 0.758. The second-order valence-corrected chi connectivity index (χ2v) is 6.94. The largest absolute Gasteiger partial charge is 0.495 e. The number of nitrogens with one attached hydrogen (secondary N) is 2. The standard InChI is InChI=1S/C19H21Cl2N3O3/c1-11(14-7-6-13(20)10-15(14)21)22-19(26)23-16-9-12(18(25)24(2)3)5-8-17(16)27-4/h5-11H,1-4H3,(H2,22,23,26). The molecule has 1 atom stereocenters. The van der Waals surface area contributed by atoms with Crippen molar-refractivity contribution < 1.29 is 14.3 Å². The first kappa shape index (κ1) is 20.9. The van der Waals surface area contributed by atoms with Gasteiger partial charge in [0.25, 0.3) is 5.91 Å². The number of benzene rings is 2. The average molecular weight is 410 g/mol. The Kier molecular flexibility index (Phi) is 6.93. The minimum atomic E-state index is -0.457. The summed E-state index contributed by atoms with van der Waals surface area (Å²) in [6, 6.07) is 9.11. The van der Waals surface area contributed by atoms with Crippen LogP contribution in [0.3, 0.4) is 0 Å². The van der Waals surface area contributed by atoms with Gasteiger partial charge in [-0.3, -0.25) is 4.79 Å². The Morgan fingerprint density at radius 2 is 1.81 bits per heavy atom. The lowest BCUT2D eigenvalue weighted by Crippen LogP contribution is -2.31. The van der Waals surface area contributed by atoms with Gasteiger partial charge in [0.15, 0.2) is 0 Å². The topological polar surface area (TPSA) is 70.7 Å². The van der Waals surface area contributed by atoms with Gasteiger partial charge in [0.05, 0.1) is 18.8 Å². The molecule has 1 unspecified atom stereocenters. The molecule has 2 aromatic rings. The zero-order valence-electron chi connectivity index (χ0n) is 15.5. The number of amides is 3. The van der Waals surface area contributed by atoms with Crippen molar-refractivity contribution in [3.63, 3.8) is 0 Å². The number of hydrogen-bond donors (Lipinski definition) is 2. The third kappa shape index (κ3) is 5.28. The molecule has 0 aliphatic rings. The summed E-state index contributed by atoms with van der Waals surface area (Å²) in [5.41, 5.74) is 1.56. The van der Waals surface area contributed by atoms with Crippen LogP contribution in [0.4, 0.5) is 10.5 Å². The van der Waals surface area contributed by atoms with Crippen molar-refractivity contribution in [3.8, 4) is 5.75 Å². The van der Waals surface area contributed by atoms with Crippen LogP contribution in [0.15, 0.2) is 36.4 Å². The predicted octanol–water partition coefficient (Wildman–Crippen LogP) is 4.59. The molecule has 0 aliphatic carbocycles. The highest BCUT2D eigenvalue weighted by Gasteiger charge is 2.16. The molecule has 2 N–H and O–H groups in total. The smallest absolute Gasteiger partial charge is 0.319 e. The van der Waals surface area contributed by atoms with Gasteiger partial charge in [0.1, 0.15) is 5.75 Å². The zero-order chi connectivity index (χ0) is 20.1. The van der Waals surface area contributed by atoms with E-state index in [0.29, 0.717) is 27.0 Å². The second kappa shape index (κ2) is 8.97. The molecule has 0 aromatic heterocycles. The van der Waals surface area contributed by atoms with Crippen molar-refractivity contribution in [1.82, 2.24) is 10.2 Å². The summed E-state index contributed by atoms with van der Waals surface area (Å²) in [5, 5.41) is 6.50. The number of halogens is 2. The van der Waals surface area contributed by atoms with E-state index in [9.17, 15) is 9.59 Å². The number of urea groups is 1. The molecule has 0 spiro atoms. The monoisotopic (exact) mass is 409 g/mol. The van der Waals surface area contributed by atoms with Gasteiger partial charge in [-0.25, -0.2) is 4.79 Å². The predicted molar refractivity (Wildman–Crippen MR) is 108 cm³/mol.